The van der Waals surface area contributed by atoms with Gasteiger partial charge in [0.25, 0.3) is 5.91 Å². The maximum Gasteiger partial charge on any atom is 0.294 e. The summed E-state index contributed by atoms with van der Waals surface area (Å²) in [5.74, 6) is -1.78. The Labute approximate surface area is 199 Å². The summed E-state index contributed by atoms with van der Waals surface area (Å²) >= 11 is 0. The van der Waals surface area contributed by atoms with E-state index in [9.17, 15) is 19.1 Å². The lowest BCUT2D eigenvalue weighted by Crippen LogP contribution is -2.31. The Bertz CT molecular complexity index is 1490. The van der Waals surface area contributed by atoms with Crippen molar-refractivity contribution in [1.82, 2.24) is 0 Å². The third kappa shape index (κ3) is 3.69. The largest absolute Gasteiger partial charge is 0.503 e. The number of aliphatic hydroxyl groups excluding tert-OH is 1. The van der Waals surface area contributed by atoms with Crippen molar-refractivity contribution >= 4 is 28.3 Å². The van der Waals surface area contributed by atoms with Crippen molar-refractivity contribution in [3.05, 3.63) is 101 Å². The second kappa shape index (κ2) is 8.64. The number of aliphatic hydroxyl groups is 1. The van der Waals surface area contributed by atoms with Gasteiger partial charge in [-0.15, -0.1) is 0 Å². The molecule has 1 aliphatic heterocycles. The van der Waals surface area contributed by atoms with Crippen molar-refractivity contribution in [2.75, 3.05) is 19.1 Å². The zero-order chi connectivity index (χ0) is 24.7. The molecule has 35 heavy (non-hydrogen) atoms. The number of para-hydroxylation sites is 1. The number of methoxy groups -OCH3 is 2. The van der Waals surface area contributed by atoms with Crippen LogP contribution in [0.15, 0.2) is 88.5 Å². The minimum atomic E-state index is -1.03. The van der Waals surface area contributed by atoms with E-state index in [1.807, 2.05) is 0 Å². The second-order valence-corrected chi connectivity index (χ2v) is 7.91. The molecule has 0 bridgehead atoms. The minimum Gasteiger partial charge on any atom is -0.503 e. The summed E-state index contributed by atoms with van der Waals surface area (Å²) in [6, 6.07) is 17.8. The molecule has 0 aliphatic carbocycles. The number of nitrogens with zero attached hydrogens (tertiary/aromatic N) is 1. The first-order chi connectivity index (χ1) is 16.9. The molecule has 1 N–H and O–H groups in total. The first-order valence-electron chi connectivity index (χ1n) is 10.7. The number of ether oxygens (including phenoxy) is 2. The van der Waals surface area contributed by atoms with E-state index in [2.05, 4.69) is 0 Å². The predicted molar refractivity (Wildman–Crippen MR) is 126 cm³/mol. The van der Waals surface area contributed by atoms with Gasteiger partial charge in [-0.2, -0.15) is 0 Å². The lowest BCUT2D eigenvalue weighted by atomic mass is 9.94. The number of hydrogen-bond donors (Lipinski definition) is 1. The molecule has 0 saturated heterocycles. The lowest BCUT2D eigenvalue weighted by molar-refractivity contribution is -0.117. The molecule has 3 aromatic carbocycles. The molecule has 0 radical (unpaired) electrons. The second-order valence-electron chi connectivity index (χ2n) is 7.91. The van der Waals surface area contributed by atoms with Gasteiger partial charge in [-0.25, -0.2) is 4.39 Å². The van der Waals surface area contributed by atoms with Crippen molar-refractivity contribution in [3.63, 3.8) is 0 Å². The molecule has 0 fully saturated rings. The molecule has 1 amide bonds. The van der Waals surface area contributed by atoms with Gasteiger partial charge < -0.3 is 19.0 Å². The molecule has 176 valence electrons. The predicted octanol–water partition coefficient (Wildman–Crippen LogP) is 5.37. The highest BCUT2D eigenvalue weighted by molar-refractivity contribution is 6.20. The SMILES string of the molecule is COc1cccc(N2C(=O)C(O)=C(C(=O)c3cc4cccc(OC)c4o3)C2c2ccc(F)cc2)c1. The van der Waals surface area contributed by atoms with Crippen molar-refractivity contribution in [1.29, 1.82) is 0 Å². The van der Waals surface area contributed by atoms with Crippen LogP contribution in [0.4, 0.5) is 10.1 Å². The number of hydrogen-bond acceptors (Lipinski definition) is 6. The zero-order valence-electron chi connectivity index (χ0n) is 18.8. The van der Waals surface area contributed by atoms with Crippen LogP contribution in [0.25, 0.3) is 11.0 Å². The summed E-state index contributed by atoms with van der Waals surface area (Å²) in [5, 5.41) is 11.5. The summed E-state index contributed by atoms with van der Waals surface area (Å²) in [4.78, 5) is 28.2. The molecule has 1 unspecified atom stereocenters. The van der Waals surface area contributed by atoms with Crippen LogP contribution in [0.5, 0.6) is 11.5 Å². The summed E-state index contributed by atoms with van der Waals surface area (Å²) in [6.07, 6.45) is 0. The molecule has 2 heterocycles. The Morgan fingerprint density at radius 2 is 1.74 bits per heavy atom. The van der Waals surface area contributed by atoms with Gasteiger partial charge in [0.1, 0.15) is 11.6 Å². The van der Waals surface area contributed by atoms with Gasteiger partial charge in [0.2, 0.25) is 5.78 Å². The van der Waals surface area contributed by atoms with Crippen LogP contribution in [0.3, 0.4) is 0 Å². The van der Waals surface area contributed by atoms with Gasteiger partial charge in [-0.05, 0) is 42.0 Å². The molecule has 4 aromatic rings. The Morgan fingerprint density at radius 3 is 2.46 bits per heavy atom. The molecular weight excluding hydrogens is 453 g/mol. The first kappa shape index (κ1) is 22.2. The molecule has 8 heteroatoms. The number of carbonyl (C=O) groups is 2. The molecule has 1 aromatic heterocycles. The number of anilines is 1. The third-order valence-corrected chi connectivity index (χ3v) is 5.92. The van der Waals surface area contributed by atoms with E-state index in [4.69, 9.17) is 13.9 Å². The number of Topliss-reactive ketones (excluding diaryl/α,β-unsaturated/α-hetero) is 1. The standard InChI is InChI=1S/C27H20FNO6/c1-33-19-7-4-6-18(14-19)29-23(15-9-11-17(28)12-10-15)22(25(31)27(29)32)24(30)21-13-16-5-3-8-20(34-2)26(16)35-21/h3-14,23,31H,1-2H3. The summed E-state index contributed by atoms with van der Waals surface area (Å²) in [5.41, 5.74) is 1.01. The smallest absolute Gasteiger partial charge is 0.294 e. The van der Waals surface area contributed by atoms with Gasteiger partial charge in [0.15, 0.2) is 22.9 Å². The number of amides is 1. The Balaban J connectivity index is 1.66. The van der Waals surface area contributed by atoms with Gasteiger partial charge in [-0.1, -0.05) is 30.3 Å². The van der Waals surface area contributed by atoms with Crippen molar-refractivity contribution in [2.24, 2.45) is 0 Å². The number of fused-ring (bicyclic) bond motifs is 1. The molecular formula is C27H20FNO6. The summed E-state index contributed by atoms with van der Waals surface area (Å²) in [7, 11) is 2.97. The zero-order valence-corrected chi connectivity index (χ0v) is 18.8. The third-order valence-electron chi connectivity index (χ3n) is 5.92. The monoisotopic (exact) mass is 473 g/mol. The number of benzene rings is 3. The fourth-order valence-corrected chi connectivity index (χ4v) is 4.27. The van der Waals surface area contributed by atoms with Crippen LogP contribution in [0.1, 0.15) is 22.2 Å². The van der Waals surface area contributed by atoms with Crippen LogP contribution in [-0.4, -0.2) is 31.0 Å². The van der Waals surface area contributed by atoms with E-state index in [1.54, 1.807) is 42.5 Å². The maximum atomic E-state index is 13.7. The first-order valence-corrected chi connectivity index (χ1v) is 10.7. The van der Waals surface area contributed by atoms with E-state index in [0.29, 0.717) is 33.7 Å². The van der Waals surface area contributed by atoms with Crippen LogP contribution in [0.2, 0.25) is 0 Å². The molecule has 7 nitrogen and oxygen atoms in total. The highest BCUT2D eigenvalue weighted by Crippen LogP contribution is 2.43. The van der Waals surface area contributed by atoms with E-state index >= 15 is 0 Å². The van der Waals surface area contributed by atoms with Crippen molar-refractivity contribution in [3.8, 4) is 11.5 Å². The molecule has 1 atom stereocenters. The van der Waals surface area contributed by atoms with Crippen LogP contribution >= 0.6 is 0 Å². The quantitative estimate of drug-likeness (QED) is 0.379. The number of carbonyl (C=O) groups excluding carboxylic acids is 2. The van der Waals surface area contributed by atoms with Gasteiger partial charge in [-0.3, -0.25) is 14.5 Å². The van der Waals surface area contributed by atoms with Gasteiger partial charge >= 0.3 is 0 Å². The maximum absolute atomic E-state index is 13.7. The van der Waals surface area contributed by atoms with E-state index < -0.39 is 29.3 Å². The number of rotatable bonds is 6. The van der Waals surface area contributed by atoms with Crippen molar-refractivity contribution < 1.29 is 33.0 Å². The number of ketones is 1. The number of halogens is 1. The Kier molecular flexibility index (Phi) is 5.49. The highest BCUT2D eigenvalue weighted by atomic mass is 19.1. The lowest BCUT2D eigenvalue weighted by Gasteiger charge is -2.27. The molecule has 0 spiro atoms. The average Bonchev–Trinajstić information content (AvgIpc) is 3.43. The fraction of sp³-hybridized carbons (Fsp3) is 0.111. The highest BCUT2D eigenvalue weighted by Gasteiger charge is 2.45. The Morgan fingerprint density at radius 1 is 1.00 bits per heavy atom. The van der Waals surface area contributed by atoms with Crippen LogP contribution < -0.4 is 14.4 Å². The van der Waals surface area contributed by atoms with Crippen molar-refractivity contribution in [2.45, 2.75) is 6.04 Å². The number of furan rings is 1. The summed E-state index contributed by atoms with van der Waals surface area (Å²) < 4.78 is 30.1. The average molecular weight is 473 g/mol. The van der Waals surface area contributed by atoms with Gasteiger partial charge in [0, 0.05) is 17.1 Å². The van der Waals surface area contributed by atoms with E-state index in [-0.39, 0.29) is 11.3 Å². The molecule has 0 saturated carbocycles. The fourth-order valence-electron chi connectivity index (χ4n) is 4.27. The topological polar surface area (TPSA) is 89.2 Å². The molecule has 5 rings (SSSR count). The van der Waals surface area contributed by atoms with Crippen LogP contribution in [-0.2, 0) is 4.79 Å². The Hall–Kier alpha value is -4.59. The van der Waals surface area contributed by atoms with E-state index in [0.717, 1.165) is 0 Å². The minimum absolute atomic E-state index is 0.0709. The van der Waals surface area contributed by atoms with E-state index in [1.165, 1.54) is 49.5 Å². The van der Waals surface area contributed by atoms with Crippen LogP contribution in [0, 0.1) is 5.82 Å². The molecule has 1 aliphatic rings. The van der Waals surface area contributed by atoms with Gasteiger partial charge in [0.05, 0.1) is 25.8 Å². The normalized spacial score (nSPS) is 15.7. The summed E-state index contributed by atoms with van der Waals surface area (Å²) in [6.45, 7) is 0.